The predicted molar refractivity (Wildman–Crippen MR) is 157 cm³/mol. The zero-order chi connectivity index (χ0) is 25.7. The van der Waals surface area contributed by atoms with Gasteiger partial charge in [0.2, 0.25) is 0 Å². The van der Waals surface area contributed by atoms with Crippen LogP contribution in [0.25, 0.3) is 11.3 Å². The van der Waals surface area contributed by atoms with Crippen LogP contribution in [0.1, 0.15) is 84.7 Å². The van der Waals surface area contributed by atoms with Crippen molar-refractivity contribution in [3.63, 3.8) is 0 Å². The second-order valence-electron chi connectivity index (χ2n) is 9.59. The zero-order valence-electron chi connectivity index (χ0n) is 19.6. The first-order valence-corrected chi connectivity index (χ1v) is 13.2. The highest BCUT2D eigenvalue weighted by atomic mass is 35.5. The van der Waals surface area contributed by atoms with Crippen molar-refractivity contribution in [2.45, 2.75) is 58.5 Å². The Kier molecular flexibility index (Phi) is 8.65. The first kappa shape index (κ1) is 29.0. The van der Waals surface area contributed by atoms with E-state index in [0.717, 1.165) is 41.7 Å². The Labute approximate surface area is 243 Å². The number of carboxylic acid groups (broad SMARTS) is 1. The van der Waals surface area contributed by atoms with Crippen molar-refractivity contribution in [2.24, 2.45) is 0 Å². The van der Waals surface area contributed by atoms with Gasteiger partial charge in [-0.25, -0.2) is 4.79 Å². The maximum absolute atomic E-state index is 11.1. The summed E-state index contributed by atoms with van der Waals surface area (Å²) in [7, 11) is 0. The van der Waals surface area contributed by atoms with Gasteiger partial charge in [0.05, 0.1) is 21.2 Å². The maximum atomic E-state index is 11.1. The molecule has 0 saturated heterocycles. The van der Waals surface area contributed by atoms with E-state index >= 15 is 0 Å². The van der Waals surface area contributed by atoms with Crippen LogP contribution in [0.3, 0.4) is 0 Å². The molecule has 2 aliphatic carbocycles. The number of hydrogen-bond donors (Lipinski definition) is 1. The molecule has 8 heteroatoms. The van der Waals surface area contributed by atoms with Crippen LogP contribution in [-0.2, 0) is 6.61 Å². The normalized spacial score (nSPS) is 17.6. The van der Waals surface area contributed by atoms with Crippen LogP contribution < -0.4 is 4.74 Å². The third kappa shape index (κ3) is 5.81. The van der Waals surface area contributed by atoms with Crippen molar-refractivity contribution in [1.29, 1.82) is 0 Å². The molecule has 1 heterocycles. The molecule has 2 saturated carbocycles. The molecule has 5 nitrogen and oxygen atoms in total. The van der Waals surface area contributed by atoms with E-state index < -0.39 is 5.97 Å². The van der Waals surface area contributed by atoms with E-state index in [4.69, 9.17) is 49.2 Å². The van der Waals surface area contributed by atoms with Gasteiger partial charge in [0.25, 0.3) is 0 Å². The molecule has 3 aromatic carbocycles. The van der Waals surface area contributed by atoms with Crippen LogP contribution in [0.5, 0.6) is 5.75 Å². The monoisotopic (exact) mass is 585 g/mol. The Morgan fingerprint density at radius 1 is 0.949 bits per heavy atom. The molecule has 0 radical (unpaired) electrons. The fourth-order valence-corrected chi connectivity index (χ4v) is 5.77. The van der Waals surface area contributed by atoms with Gasteiger partial charge < -0.3 is 14.4 Å². The van der Waals surface area contributed by atoms with Crippen molar-refractivity contribution in [3.05, 3.63) is 104 Å². The van der Waals surface area contributed by atoms with Gasteiger partial charge in [0.1, 0.15) is 23.8 Å². The van der Waals surface area contributed by atoms with Crippen molar-refractivity contribution in [1.82, 2.24) is 5.16 Å². The van der Waals surface area contributed by atoms with E-state index in [2.05, 4.69) is 5.16 Å². The Morgan fingerprint density at radius 2 is 1.64 bits per heavy atom. The molecule has 2 aliphatic rings. The summed E-state index contributed by atoms with van der Waals surface area (Å²) in [6.07, 6.45) is 3.08. The molecule has 204 valence electrons. The Balaban J connectivity index is 0.00000176. The van der Waals surface area contributed by atoms with E-state index in [1.807, 2.05) is 30.3 Å². The van der Waals surface area contributed by atoms with Gasteiger partial charge in [-0.15, -0.1) is 0 Å². The summed E-state index contributed by atoms with van der Waals surface area (Å²) in [4.78, 5) is 11.1. The molecule has 1 aromatic heterocycles. The quantitative estimate of drug-likeness (QED) is 0.222. The fraction of sp³-hybridized carbons (Fsp3) is 0.290. The number of nitrogens with zero attached hydrogens (tertiary/aromatic N) is 1. The lowest BCUT2D eigenvalue weighted by molar-refractivity contribution is 0.0697. The smallest absolute Gasteiger partial charge is 0.335 e. The minimum atomic E-state index is -0.921. The maximum Gasteiger partial charge on any atom is 0.335 e. The largest absolute Gasteiger partial charge is 0.489 e. The molecule has 0 bridgehead atoms. The Morgan fingerprint density at radius 3 is 2.26 bits per heavy atom. The molecule has 0 unspecified atom stereocenters. The van der Waals surface area contributed by atoms with Gasteiger partial charge in [-0.05, 0) is 78.6 Å². The van der Waals surface area contributed by atoms with Gasteiger partial charge in [0, 0.05) is 16.5 Å². The molecule has 0 spiro atoms. The highest BCUT2D eigenvalue weighted by Crippen LogP contribution is 2.56. The minimum Gasteiger partial charge on any atom is -0.489 e. The molecule has 39 heavy (non-hydrogen) atoms. The number of carbonyl (C=O) groups is 1. The summed E-state index contributed by atoms with van der Waals surface area (Å²) < 4.78 is 11.9. The van der Waals surface area contributed by atoms with Crippen LogP contribution in [0.15, 0.2) is 65.2 Å². The summed E-state index contributed by atoms with van der Waals surface area (Å²) in [5.74, 6) is 1.51. The molecule has 1 N–H and O–H groups in total. The van der Waals surface area contributed by atoms with E-state index in [0.29, 0.717) is 49.8 Å². The Hall–Kier alpha value is -2.99. The third-order valence-electron chi connectivity index (χ3n) is 7.10. The van der Waals surface area contributed by atoms with Crippen LogP contribution in [0, 0.1) is 0 Å². The minimum absolute atomic E-state index is 0. The van der Waals surface area contributed by atoms with Gasteiger partial charge in [-0.1, -0.05) is 79.1 Å². The highest BCUT2D eigenvalue weighted by molar-refractivity contribution is 6.39. The number of rotatable bonds is 8. The molecular formula is C31H30Cl3NO4. The van der Waals surface area contributed by atoms with E-state index in [9.17, 15) is 4.79 Å². The topological polar surface area (TPSA) is 72.6 Å². The van der Waals surface area contributed by atoms with Gasteiger partial charge in [0.15, 0.2) is 0 Å². The van der Waals surface area contributed by atoms with Crippen molar-refractivity contribution >= 4 is 40.8 Å². The number of halogens is 3. The number of aromatic carboxylic acids is 1. The predicted octanol–water partition coefficient (Wildman–Crippen LogP) is 10.00. The van der Waals surface area contributed by atoms with E-state index in [1.54, 1.807) is 30.3 Å². The van der Waals surface area contributed by atoms with E-state index in [-0.39, 0.29) is 27.0 Å². The SMILES string of the molecule is C.C.O=C(O)c1ccc([C@@H]2C[C@H]2c2ccc(OCc3c(-c4c(Cl)cccc4Cl)noc3C3CC3)cc2Cl)cc1. The van der Waals surface area contributed by atoms with Crippen LogP contribution in [0.4, 0.5) is 0 Å². The van der Waals surface area contributed by atoms with E-state index in [1.165, 1.54) is 0 Å². The molecule has 4 aromatic rings. The Bertz CT molecular complexity index is 1470. The lowest BCUT2D eigenvalue weighted by Gasteiger charge is -2.11. The number of benzene rings is 3. The van der Waals surface area contributed by atoms with Crippen LogP contribution in [0.2, 0.25) is 15.1 Å². The van der Waals surface area contributed by atoms with Crippen LogP contribution in [-0.4, -0.2) is 16.2 Å². The molecular weight excluding hydrogens is 557 g/mol. The first-order chi connectivity index (χ1) is 17.9. The average Bonchev–Trinajstić information content (AvgIpc) is 3.81. The summed E-state index contributed by atoms with van der Waals surface area (Å²) in [5.41, 5.74) is 4.58. The van der Waals surface area contributed by atoms with Crippen LogP contribution >= 0.6 is 34.8 Å². The second-order valence-corrected chi connectivity index (χ2v) is 10.8. The van der Waals surface area contributed by atoms with Gasteiger partial charge in [-0.3, -0.25) is 0 Å². The fourth-order valence-electron chi connectivity index (χ4n) is 4.88. The lowest BCUT2D eigenvalue weighted by Crippen LogP contribution is -2.00. The summed E-state index contributed by atoms with van der Waals surface area (Å²) in [5, 5.41) is 15.1. The van der Waals surface area contributed by atoms with Crippen molar-refractivity contribution in [3.8, 4) is 17.0 Å². The third-order valence-corrected chi connectivity index (χ3v) is 8.05. The number of ether oxygens (including phenoxy) is 1. The molecule has 0 aliphatic heterocycles. The van der Waals surface area contributed by atoms with Crippen molar-refractivity contribution < 1.29 is 19.2 Å². The zero-order valence-corrected chi connectivity index (χ0v) is 21.9. The highest BCUT2D eigenvalue weighted by Gasteiger charge is 2.40. The molecule has 0 amide bonds. The van der Waals surface area contributed by atoms with Gasteiger partial charge >= 0.3 is 5.97 Å². The summed E-state index contributed by atoms with van der Waals surface area (Å²) in [6, 6.07) is 18.2. The molecule has 2 atom stereocenters. The van der Waals surface area contributed by atoms with Gasteiger partial charge in [-0.2, -0.15) is 0 Å². The molecule has 6 rings (SSSR count). The lowest BCUT2D eigenvalue weighted by atomic mass is 10.0. The molecule has 2 fully saturated rings. The average molecular weight is 587 g/mol. The second kappa shape index (κ2) is 11.6. The summed E-state index contributed by atoms with van der Waals surface area (Å²) in [6.45, 7) is 0.254. The summed E-state index contributed by atoms with van der Waals surface area (Å²) >= 11 is 19.6. The first-order valence-electron chi connectivity index (χ1n) is 12.1. The number of aromatic nitrogens is 1. The number of carboxylic acids is 1. The number of hydrogen-bond acceptors (Lipinski definition) is 4. The van der Waals surface area contributed by atoms with Crippen molar-refractivity contribution in [2.75, 3.05) is 0 Å². The standard InChI is InChI=1S/C29H22Cl3NO4.2CH4/c30-23-2-1-3-24(31)26(23)27-22(28(37-33-27)16-6-7-16)14-36-18-10-11-19(25(32)12-18)21-13-20(21)15-4-8-17(9-5-15)29(34)35;;/h1-5,8-12,16,20-21H,6-7,13-14H2,(H,34,35);2*1H4/t20-,21-;;/m0../s1.